The zero-order valence-corrected chi connectivity index (χ0v) is 18.4. The molecule has 0 radical (unpaired) electrons. The number of fused-ring (bicyclic) bond motifs is 4. The van der Waals surface area contributed by atoms with E-state index >= 15 is 0 Å². The third kappa shape index (κ3) is 3.37. The standard InChI is InChI=1S/C28H21FO4/c1-28(2,3)16-9-11-19-24(13-16)33-26-20(10-8-15-12-23(30)22(29)14-21(15)26)25(19)17-6-4-5-7-18(17)27(31)32/h4-14H,1-3H3,(H,31,32). The summed E-state index contributed by atoms with van der Waals surface area (Å²) in [7, 11) is 0. The van der Waals surface area contributed by atoms with Crippen molar-refractivity contribution in [3.05, 3.63) is 93.9 Å². The Morgan fingerprint density at radius 1 is 0.909 bits per heavy atom. The van der Waals surface area contributed by atoms with Crippen molar-refractivity contribution in [2.75, 3.05) is 0 Å². The summed E-state index contributed by atoms with van der Waals surface area (Å²) in [5.41, 5.74) is 2.58. The molecule has 5 heteroatoms. The highest BCUT2D eigenvalue weighted by Gasteiger charge is 2.21. The number of aromatic carboxylic acids is 1. The van der Waals surface area contributed by atoms with Crippen LogP contribution in [0, 0.1) is 5.82 Å². The van der Waals surface area contributed by atoms with Crippen molar-refractivity contribution in [2.45, 2.75) is 26.2 Å². The molecule has 1 N–H and O–H groups in total. The first-order valence-corrected chi connectivity index (χ1v) is 10.6. The van der Waals surface area contributed by atoms with Gasteiger partial charge in [-0.3, -0.25) is 4.79 Å². The van der Waals surface area contributed by atoms with Crippen LogP contribution in [0.1, 0.15) is 36.7 Å². The molecule has 4 aromatic carbocycles. The number of rotatable bonds is 2. The average molecular weight is 440 g/mol. The van der Waals surface area contributed by atoms with Gasteiger partial charge in [0.15, 0.2) is 5.82 Å². The van der Waals surface area contributed by atoms with Crippen LogP contribution in [0.15, 0.2) is 75.9 Å². The summed E-state index contributed by atoms with van der Waals surface area (Å²) < 4.78 is 20.6. The molecule has 0 aliphatic carbocycles. The highest BCUT2D eigenvalue weighted by atomic mass is 19.1. The van der Waals surface area contributed by atoms with E-state index in [1.807, 2.05) is 18.2 Å². The van der Waals surface area contributed by atoms with Crippen LogP contribution < -0.4 is 5.43 Å². The van der Waals surface area contributed by atoms with Crippen molar-refractivity contribution >= 4 is 38.7 Å². The van der Waals surface area contributed by atoms with Crippen molar-refractivity contribution in [1.82, 2.24) is 0 Å². The molecular weight excluding hydrogens is 419 g/mol. The lowest BCUT2D eigenvalue weighted by Gasteiger charge is -2.20. The summed E-state index contributed by atoms with van der Waals surface area (Å²) >= 11 is 0. The highest BCUT2D eigenvalue weighted by molar-refractivity contribution is 6.17. The van der Waals surface area contributed by atoms with E-state index in [2.05, 4.69) is 20.8 Å². The van der Waals surface area contributed by atoms with Gasteiger partial charge in [-0.05, 0) is 52.3 Å². The van der Waals surface area contributed by atoms with Gasteiger partial charge in [-0.15, -0.1) is 0 Å². The van der Waals surface area contributed by atoms with Crippen LogP contribution in [0.2, 0.25) is 0 Å². The Hall–Kier alpha value is -3.99. The number of hydrogen-bond acceptors (Lipinski definition) is 3. The lowest BCUT2D eigenvalue weighted by Crippen LogP contribution is -2.10. The molecule has 164 valence electrons. The average Bonchev–Trinajstić information content (AvgIpc) is 2.77. The Balaban J connectivity index is 2.02. The van der Waals surface area contributed by atoms with Crippen LogP contribution in [0.5, 0.6) is 0 Å². The van der Waals surface area contributed by atoms with Crippen LogP contribution in [0.25, 0.3) is 43.8 Å². The number of carboxylic acid groups (broad SMARTS) is 1. The van der Waals surface area contributed by atoms with Gasteiger partial charge in [0.2, 0.25) is 5.43 Å². The minimum absolute atomic E-state index is 0.139. The van der Waals surface area contributed by atoms with Crippen molar-refractivity contribution in [2.24, 2.45) is 0 Å². The Morgan fingerprint density at radius 3 is 2.36 bits per heavy atom. The number of benzene rings is 4. The van der Waals surface area contributed by atoms with Gasteiger partial charge in [0.05, 0.1) is 5.56 Å². The largest absolute Gasteiger partial charge is 0.478 e. The van der Waals surface area contributed by atoms with E-state index in [0.29, 0.717) is 38.5 Å². The van der Waals surface area contributed by atoms with Crippen molar-refractivity contribution in [1.29, 1.82) is 0 Å². The molecule has 0 saturated carbocycles. The van der Waals surface area contributed by atoms with Crippen LogP contribution in [0.4, 0.5) is 4.39 Å². The fourth-order valence-corrected chi connectivity index (χ4v) is 4.32. The summed E-state index contributed by atoms with van der Waals surface area (Å²) in [5, 5.41) is 12.3. The van der Waals surface area contributed by atoms with E-state index in [4.69, 9.17) is 4.42 Å². The molecule has 0 fully saturated rings. The second-order valence-electron chi connectivity index (χ2n) is 9.23. The molecule has 0 spiro atoms. The lowest BCUT2D eigenvalue weighted by molar-refractivity contribution is 0.0697. The van der Waals surface area contributed by atoms with Gasteiger partial charge in [-0.1, -0.05) is 57.2 Å². The maximum absolute atomic E-state index is 14.3. The van der Waals surface area contributed by atoms with E-state index in [1.54, 1.807) is 36.4 Å². The second-order valence-corrected chi connectivity index (χ2v) is 9.23. The quantitative estimate of drug-likeness (QED) is 0.239. The Kier molecular flexibility index (Phi) is 4.60. The molecule has 33 heavy (non-hydrogen) atoms. The molecule has 5 aromatic rings. The van der Waals surface area contributed by atoms with Gasteiger partial charge < -0.3 is 9.52 Å². The predicted octanol–water partition coefficient (Wildman–Crippen LogP) is 6.90. The Labute approximate surface area is 188 Å². The molecule has 0 unspecified atom stereocenters. The van der Waals surface area contributed by atoms with Gasteiger partial charge in [-0.25, -0.2) is 9.18 Å². The smallest absolute Gasteiger partial charge is 0.336 e. The summed E-state index contributed by atoms with van der Waals surface area (Å²) in [6, 6.07) is 18.7. The van der Waals surface area contributed by atoms with E-state index in [-0.39, 0.29) is 11.0 Å². The van der Waals surface area contributed by atoms with Gasteiger partial charge in [0.1, 0.15) is 11.2 Å². The molecule has 0 amide bonds. The fraction of sp³-hybridized carbons (Fsp3) is 0.143. The SMILES string of the molecule is CC(C)(C)c1ccc2c(-c3ccccc3C(=O)O)c3ccc4cc(=O)c(F)cc4c3oc2c1. The minimum atomic E-state index is -1.04. The maximum Gasteiger partial charge on any atom is 0.336 e. The maximum atomic E-state index is 14.3. The third-order valence-electron chi connectivity index (χ3n) is 6.05. The number of carboxylic acids is 1. The van der Waals surface area contributed by atoms with Crippen molar-refractivity contribution < 1.29 is 18.7 Å². The topological polar surface area (TPSA) is 67.5 Å². The summed E-state index contributed by atoms with van der Waals surface area (Å²) in [6.45, 7) is 6.28. The first kappa shape index (κ1) is 20.9. The Morgan fingerprint density at radius 2 is 1.64 bits per heavy atom. The molecule has 4 nitrogen and oxygen atoms in total. The van der Waals surface area contributed by atoms with Gasteiger partial charge in [-0.2, -0.15) is 0 Å². The van der Waals surface area contributed by atoms with Crippen LogP contribution in [0.3, 0.4) is 0 Å². The summed E-state index contributed by atoms with van der Waals surface area (Å²) in [4.78, 5) is 23.9. The molecule has 0 saturated heterocycles. The zero-order valence-electron chi connectivity index (χ0n) is 18.4. The highest BCUT2D eigenvalue weighted by Crippen LogP contribution is 2.41. The molecular formula is C28H21FO4. The van der Waals surface area contributed by atoms with Gasteiger partial charge in [0, 0.05) is 21.7 Å². The van der Waals surface area contributed by atoms with Gasteiger partial charge in [0.25, 0.3) is 0 Å². The van der Waals surface area contributed by atoms with Crippen LogP contribution in [-0.2, 0) is 5.41 Å². The zero-order chi connectivity index (χ0) is 23.5. The summed E-state index contributed by atoms with van der Waals surface area (Å²) in [6.07, 6.45) is 0. The molecule has 5 rings (SSSR count). The molecule has 0 atom stereocenters. The second kappa shape index (κ2) is 7.27. The van der Waals surface area contributed by atoms with Crippen molar-refractivity contribution in [3.63, 3.8) is 0 Å². The fourth-order valence-electron chi connectivity index (χ4n) is 4.32. The molecule has 1 aromatic heterocycles. The summed E-state index contributed by atoms with van der Waals surface area (Å²) in [5.74, 6) is -1.90. The molecule has 1 heterocycles. The normalized spacial score (nSPS) is 12.0. The molecule has 0 aliphatic rings. The third-order valence-corrected chi connectivity index (χ3v) is 6.05. The lowest BCUT2D eigenvalue weighted by atomic mass is 9.85. The molecule has 0 bridgehead atoms. The van der Waals surface area contributed by atoms with Crippen molar-refractivity contribution in [3.8, 4) is 11.1 Å². The number of carbonyl (C=O) groups is 1. The molecule has 0 aliphatic heterocycles. The number of hydrogen-bond donors (Lipinski definition) is 1. The van der Waals surface area contributed by atoms with Crippen LogP contribution >= 0.6 is 0 Å². The first-order valence-electron chi connectivity index (χ1n) is 10.6. The first-order chi connectivity index (χ1) is 15.6. The number of halogens is 1. The van der Waals surface area contributed by atoms with Gasteiger partial charge >= 0.3 is 5.97 Å². The van der Waals surface area contributed by atoms with E-state index in [1.165, 1.54) is 12.1 Å². The van der Waals surface area contributed by atoms with E-state index in [0.717, 1.165) is 10.9 Å². The van der Waals surface area contributed by atoms with E-state index in [9.17, 15) is 19.1 Å². The van der Waals surface area contributed by atoms with E-state index < -0.39 is 17.2 Å². The predicted molar refractivity (Wildman–Crippen MR) is 129 cm³/mol. The van der Waals surface area contributed by atoms with Crippen LogP contribution in [-0.4, -0.2) is 11.1 Å². The minimum Gasteiger partial charge on any atom is -0.478 e. The Bertz CT molecular complexity index is 1660. The monoisotopic (exact) mass is 440 g/mol.